The van der Waals surface area contributed by atoms with Crippen molar-refractivity contribution in [2.45, 2.75) is 6.23 Å². The van der Waals surface area contributed by atoms with Gasteiger partial charge in [0.15, 0.2) is 0 Å². The normalized spacial score (nSPS) is 19.0. The molecule has 0 saturated carbocycles. The average molecular weight is 225 g/mol. The zero-order valence-electron chi connectivity index (χ0n) is 7.68. The van der Waals surface area contributed by atoms with Gasteiger partial charge >= 0.3 is 5.17 Å². The molecule has 0 radical (unpaired) electrons. The van der Waals surface area contributed by atoms with E-state index in [0.29, 0.717) is 6.54 Å². The zero-order valence-corrected chi connectivity index (χ0v) is 8.50. The summed E-state index contributed by atoms with van der Waals surface area (Å²) in [6, 6.07) is 6.04. The van der Waals surface area contributed by atoms with Crippen LogP contribution in [0.5, 0.6) is 0 Å². The van der Waals surface area contributed by atoms with Crippen LogP contribution >= 0.6 is 12.2 Å². The van der Waals surface area contributed by atoms with Crippen LogP contribution in [-0.4, -0.2) is 17.9 Å². The number of ether oxygens (including phenoxy) is 1. The Labute approximate surface area is 91.2 Å². The molecular formula is C9H8FN3OS. The third kappa shape index (κ3) is 2.69. The van der Waals surface area contributed by atoms with Crippen molar-refractivity contribution in [3.63, 3.8) is 0 Å². The van der Waals surface area contributed by atoms with Crippen molar-refractivity contribution in [2.75, 3.05) is 11.9 Å². The van der Waals surface area contributed by atoms with Gasteiger partial charge in [-0.05, 0) is 36.5 Å². The molecule has 0 bridgehead atoms. The topological polar surface area (TPSA) is 46.0 Å². The van der Waals surface area contributed by atoms with Gasteiger partial charge in [0, 0.05) is 5.69 Å². The van der Waals surface area contributed by atoms with Crippen LogP contribution in [0.15, 0.2) is 34.5 Å². The Bertz CT molecular complexity index is 393. The molecule has 0 saturated heterocycles. The Morgan fingerprint density at radius 1 is 1.40 bits per heavy atom. The van der Waals surface area contributed by atoms with Crippen molar-refractivity contribution in [1.29, 1.82) is 0 Å². The lowest BCUT2D eigenvalue weighted by Gasteiger charge is -2.08. The number of thiocarbonyl (C=S) groups is 1. The highest BCUT2D eigenvalue weighted by atomic mass is 32.1. The number of hydrogen-bond donors (Lipinski definition) is 1. The smallest absolute Gasteiger partial charge is 0.304 e. The molecule has 0 aromatic heterocycles. The number of nitrogens with zero attached hydrogens (tertiary/aromatic N) is 2. The maximum absolute atomic E-state index is 12.6. The van der Waals surface area contributed by atoms with Gasteiger partial charge in [0.25, 0.3) is 0 Å². The lowest BCUT2D eigenvalue weighted by molar-refractivity contribution is 0.235. The summed E-state index contributed by atoms with van der Waals surface area (Å²) in [4.78, 5) is 0. The van der Waals surface area contributed by atoms with E-state index >= 15 is 0 Å². The molecule has 78 valence electrons. The number of nitrogens with one attached hydrogen (secondary N) is 1. The van der Waals surface area contributed by atoms with Gasteiger partial charge in [-0.25, -0.2) is 4.39 Å². The summed E-state index contributed by atoms with van der Waals surface area (Å²) in [6.45, 7) is 0.454. The maximum atomic E-state index is 12.6. The predicted octanol–water partition coefficient (Wildman–Crippen LogP) is 2.33. The van der Waals surface area contributed by atoms with E-state index in [1.165, 1.54) is 12.1 Å². The highest BCUT2D eigenvalue weighted by Crippen LogP contribution is 2.11. The number of azo groups is 1. The van der Waals surface area contributed by atoms with Crippen LogP contribution in [0.4, 0.5) is 10.1 Å². The molecule has 1 aliphatic rings. The third-order valence-corrected chi connectivity index (χ3v) is 2.01. The van der Waals surface area contributed by atoms with E-state index < -0.39 is 0 Å². The quantitative estimate of drug-likeness (QED) is 0.803. The molecule has 0 fully saturated rings. The molecular weight excluding hydrogens is 217 g/mol. The zero-order chi connectivity index (χ0) is 10.7. The van der Waals surface area contributed by atoms with Crippen molar-refractivity contribution in [3.05, 3.63) is 30.1 Å². The largest absolute Gasteiger partial charge is 0.439 e. The minimum Gasteiger partial charge on any atom is -0.439 e. The van der Waals surface area contributed by atoms with E-state index in [9.17, 15) is 4.39 Å². The van der Waals surface area contributed by atoms with Crippen LogP contribution in [-0.2, 0) is 4.74 Å². The summed E-state index contributed by atoms with van der Waals surface area (Å²) in [5.41, 5.74) is 0.799. The Hall–Kier alpha value is -1.56. The van der Waals surface area contributed by atoms with Crippen molar-refractivity contribution < 1.29 is 9.13 Å². The monoisotopic (exact) mass is 225 g/mol. The second kappa shape index (κ2) is 4.31. The van der Waals surface area contributed by atoms with Crippen LogP contribution in [0.25, 0.3) is 0 Å². The van der Waals surface area contributed by atoms with E-state index in [-0.39, 0.29) is 17.2 Å². The van der Waals surface area contributed by atoms with Crippen molar-refractivity contribution in [3.8, 4) is 0 Å². The van der Waals surface area contributed by atoms with Gasteiger partial charge in [0.1, 0.15) is 5.82 Å². The Morgan fingerprint density at radius 3 is 2.73 bits per heavy atom. The summed E-state index contributed by atoms with van der Waals surface area (Å²) >= 11 is 4.68. The molecule has 1 N–H and O–H groups in total. The summed E-state index contributed by atoms with van der Waals surface area (Å²) in [6.07, 6.45) is -0.387. The molecule has 1 aromatic carbocycles. The second-order valence-electron chi connectivity index (χ2n) is 2.94. The van der Waals surface area contributed by atoms with Gasteiger partial charge in [0.05, 0.1) is 6.54 Å². The molecule has 0 amide bonds. The van der Waals surface area contributed by atoms with E-state index in [1.54, 1.807) is 12.1 Å². The van der Waals surface area contributed by atoms with Crippen LogP contribution in [0, 0.1) is 5.82 Å². The van der Waals surface area contributed by atoms with Gasteiger partial charge in [-0.3, -0.25) is 0 Å². The fraction of sp³-hybridized carbons (Fsp3) is 0.222. The standard InChI is InChI=1S/C9H8FN3OS/c10-6-1-3-7(4-2-6)11-5-8-12-13-9(15)14-8/h1-4,8,11H,5H2. The minimum atomic E-state index is -0.387. The molecule has 1 aliphatic heterocycles. The van der Waals surface area contributed by atoms with E-state index in [1.807, 2.05) is 0 Å². The first-order valence-corrected chi connectivity index (χ1v) is 4.76. The highest BCUT2D eigenvalue weighted by molar-refractivity contribution is 7.80. The summed E-state index contributed by atoms with van der Waals surface area (Å²) in [5.74, 6) is -0.265. The van der Waals surface area contributed by atoms with Crippen LogP contribution in [0.3, 0.4) is 0 Å². The molecule has 2 rings (SSSR count). The SMILES string of the molecule is Fc1ccc(NCC2N=NC(=S)O2)cc1. The first kappa shape index (κ1) is 9.97. The van der Waals surface area contributed by atoms with Gasteiger partial charge in [-0.15, -0.1) is 10.2 Å². The Morgan fingerprint density at radius 2 is 2.13 bits per heavy atom. The fourth-order valence-corrected chi connectivity index (χ4v) is 1.29. The number of anilines is 1. The predicted molar refractivity (Wildman–Crippen MR) is 57.2 cm³/mol. The van der Waals surface area contributed by atoms with Gasteiger partial charge < -0.3 is 10.1 Å². The molecule has 4 nitrogen and oxygen atoms in total. The second-order valence-corrected chi connectivity index (χ2v) is 3.29. The lowest BCUT2D eigenvalue weighted by Crippen LogP contribution is -2.18. The summed E-state index contributed by atoms with van der Waals surface area (Å²) in [5, 5.41) is 10.5. The number of rotatable bonds is 3. The van der Waals surface area contributed by atoms with Crippen LogP contribution in [0.1, 0.15) is 0 Å². The first-order chi connectivity index (χ1) is 7.24. The third-order valence-electron chi connectivity index (χ3n) is 1.83. The van der Waals surface area contributed by atoms with E-state index in [4.69, 9.17) is 4.74 Å². The summed E-state index contributed by atoms with van der Waals surface area (Å²) < 4.78 is 17.6. The van der Waals surface area contributed by atoms with E-state index in [0.717, 1.165) is 5.69 Å². The molecule has 15 heavy (non-hydrogen) atoms. The maximum Gasteiger partial charge on any atom is 0.304 e. The van der Waals surface area contributed by atoms with Gasteiger partial charge in [-0.2, -0.15) is 0 Å². The molecule has 0 spiro atoms. The molecule has 6 heteroatoms. The Balaban J connectivity index is 1.86. The fourth-order valence-electron chi connectivity index (χ4n) is 1.13. The van der Waals surface area contributed by atoms with Crippen LogP contribution in [0.2, 0.25) is 0 Å². The Kier molecular flexibility index (Phi) is 2.86. The van der Waals surface area contributed by atoms with Crippen molar-refractivity contribution >= 4 is 23.1 Å². The number of hydrogen-bond acceptors (Lipinski definition) is 4. The molecule has 0 aliphatic carbocycles. The van der Waals surface area contributed by atoms with Gasteiger partial charge in [0.2, 0.25) is 6.23 Å². The highest BCUT2D eigenvalue weighted by Gasteiger charge is 2.16. The molecule has 1 unspecified atom stereocenters. The van der Waals surface area contributed by atoms with Gasteiger partial charge in [-0.1, -0.05) is 0 Å². The molecule has 1 aromatic rings. The average Bonchev–Trinajstić information content (AvgIpc) is 2.64. The summed E-state index contributed by atoms with van der Waals surface area (Å²) in [7, 11) is 0. The van der Waals surface area contributed by atoms with Crippen molar-refractivity contribution in [2.24, 2.45) is 10.2 Å². The number of halogens is 1. The minimum absolute atomic E-state index is 0.154. The lowest BCUT2D eigenvalue weighted by atomic mass is 10.3. The molecule has 1 heterocycles. The number of benzene rings is 1. The van der Waals surface area contributed by atoms with E-state index in [2.05, 4.69) is 27.8 Å². The van der Waals surface area contributed by atoms with Crippen molar-refractivity contribution in [1.82, 2.24) is 0 Å². The molecule has 1 atom stereocenters. The van der Waals surface area contributed by atoms with Crippen LogP contribution < -0.4 is 5.32 Å². The first-order valence-electron chi connectivity index (χ1n) is 4.35.